The van der Waals surface area contributed by atoms with Crippen LogP contribution in [0, 0.1) is 5.41 Å². The van der Waals surface area contributed by atoms with Gasteiger partial charge in [0, 0.05) is 24.2 Å². The fourth-order valence-electron chi connectivity index (χ4n) is 4.58. The second kappa shape index (κ2) is 12.5. The molecule has 5 rings (SSSR count). The van der Waals surface area contributed by atoms with E-state index in [9.17, 15) is 5.11 Å². The zero-order valence-electron chi connectivity index (χ0n) is 21.8. The van der Waals surface area contributed by atoms with Crippen LogP contribution in [0.5, 0.6) is 0 Å². The third kappa shape index (κ3) is 6.38. The van der Waals surface area contributed by atoms with Crippen molar-refractivity contribution < 1.29 is 19.3 Å². The van der Waals surface area contributed by atoms with Crippen LogP contribution in [0.3, 0.4) is 0 Å². The van der Waals surface area contributed by atoms with Crippen molar-refractivity contribution in [3.05, 3.63) is 102 Å². The topological polar surface area (TPSA) is 79.8 Å². The number of aromatic nitrogens is 2. The van der Waals surface area contributed by atoms with Crippen molar-refractivity contribution in [3.8, 4) is 22.5 Å². The highest BCUT2D eigenvalue weighted by Gasteiger charge is 2.39. The molecule has 2 heterocycles. The minimum absolute atomic E-state index is 0.0811. The summed E-state index contributed by atoms with van der Waals surface area (Å²) < 4.78 is 18.2. The molecular weight excluding hydrogens is 478 g/mol. The number of aliphatic hydroxyl groups is 1. The highest BCUT2D eigenvalue weighted by molar-refractivity contribution is 5.78. The smallest absolute Gasteiger partial charge is 0.217 e. The number of ether oxygens (including phenoxy) is 3. The first-order chi connectivity index (χ1) is 18.7. The van der Waals surface area contributed by atoms with Gasteiger partial charge < -0.3 is 24.3 Å². The summed E-state index contributed by atoms with van der Waals surface area (Å²) in [6.45, 7) is 3.13. The van der Waals surface area contributed by atoms with E-state index in [0.717, 1.165) is 35.6 Å². The third-order valence-corrected chi connectivity index (χ3v) is 6.79. The average molecular weight is 514 g/mol. The van der Waals surface area contributed by atoms with Gasteiger partial charge >= 0.3 is 0 Å². The SMILES string of the molecule is CN(CCOC[C@]1(CO)CO[C@@H](c2nc(-c3ccccc3)c(-c3ccccc3)[nH]2)OC1)Cc1ccccc1. The van der Waals surface area contributed by atoms with Crippen molar-refractivity contribution in [2.45, 2.75) is 12.8 Å². The zero-order chi connectivity index (χ0) is 26.2. The summed E-state index contributed by atoms with van der Waals surface area (Å²) in [4.78, 5) is 10.5. The van der Waals surface area contributed by atoms with E-state index < -0.39 is 11.7 Å². The van der Waals surface area contributed by atoms with Crippen LogP contribution in [0.15, 0.2) is 91.0 Å². The van der Waals surface area contributed by atoms with Crippen LogP contribution in [0.25, 0.3) is 22.5 Å². The van der Waals surface area contributed by atoms with Gasteiger partial charge in [0.15, 0.2) is 5.82 Å². The maximum Gasteiger partial charge on any atom is 0.217 e. The number of nitrogens with zero attached hydrogens (tertiary/aromatic N) is 2. The van der Waals surface area contributed by atoms with Crippen LogP contribution >= 0.6 is 0 Å². The Morgan fingerprint density at radius 2 is 1.53 bits per heavy atom. The van der Waals surface area contributed by atoms with Gasteiger partial charge in [-0.05, 0) is 12.6 Å². The normalized spacial score (nSPS) is 19.6. The number of aliphatic hydroxyl groups excluding tert-OH is 1. The van der Waals surface area contributed by atoms with Gasteiger partial charge in [-0.3, -0.25) is 4.90 Å². The molecule has 0 unspecified atom stereocenters. The van der Waals surface area contributed by atoms with E-state index in [2.05, 4.69) is 53.3 Å². The van der Waals surface area contributed by atoms with Crippen LogP contribution in [-0.4, -0.2) is 66.6 Å². The van der Waals surface area contributed by atoms with Gasteiger partial charge in [0.25, 0.3) is 0 Å². The van der Waals surface area contributed by atoms with Crippen LogP contribution in [0.4, 0.5) is 0 Å². The van der Waals surface area contributed by atoms with E-state index in [4.69, 9.17) is 19.2 Å². The van der Waals surface area contributed by atoms with E-state index in [1.807, 2.05) is 54.6 Å². The molecule has 1 aliphatic rings. The van der Waals surface area contributed by atoms with Crippen molar-refractivity contribution in [1.82, 2.24) is 14.9 Å². The van der Waals surface area contributed by atoms with Gasteiger partial charge in [-0.2, -0.15) is 0 Å². The number of imidazole rings is 1. The van der Waals surface area contributed by atoms with E-state index in [1.165, 1.54) is 5.56 Å². The summed E-state index contributed by atoms with van der Waals surface area (Å²) in [5.74, 6) is 0.609. The lowest BCUT2D eigenvalue weighted by Gasteiger charge is -2.37. The fraction of sp³-hybridized carbons (Fsp3) is 0.323. The van der Waals surface area contributed by atoms with Crippen molar-refractivity contribution >= 4 is 0 Å². The molecule has 1 saturated heterocycles. The molecule has 1 aliphatic heterocycles. The summed E-state index contributed by atoms with van der Waals surface area (Å²) in [6.07, 6.45) is -0.647. The van der Waals surface area contributed by atoms with E-state index in [0.29, 0.717) is 32.3 Å². The average Bonchev–Trinajstić information content (AvgIpc) is 3.43. The molecule has 1 fully saturated rings. The second-order valence-electron chi connectivity index (χ2n) is 9.97. The number of hydrogen-bond acceptors (Lipinski definition) is 6. The predicted molar refractivity (Wildman–Crippen MR) is 147 cm³/mol. The van der Waals surface area contributed by atoms with Crippen LogP contribution in [0.1, 0.15) is 17.7 Å². The Hall–Kier alpha value is -3.33. The first kappa shape index (κ1) is 26.3. The van der Waals surface area contributed by atoms with Crippen LogP contribution < -0.4 is 0 Å². The molecule has 0 atom stereocenters. The predicted octanol–water partition coefficient (Wildman–Crippen LogP) is 4.92. The number of likely N-dealkylation sites (N-methyl/N-ethyl adjacent to an activating group) is 1. The van der Waals surface area contributed by atoms with Crippen molar-refractivity contribution in [1.29, 1.82) is 0 Å². The van der Waals surface area contributed by atoms with Gasteiger partial charge in [0.2, 0.25) is 6.29 Å². The Morgan fingerprint density at radius 3 is 2.16 bits per heavy atom. The molecule has 198 valence electrons. The van der Waals surface area contributed by atoms with Gasteiger partial charge in [-0.15, -0.1) is 0 Å². The summed E-state index contributed by atoms with van der Waals surface area (Å²) in [7, 11) is 2.08. The van der Waals surface area contributed by atoms with Crippen molar-refractivity contribution in [3.63, 3.8) is 0 Å². The number of rotatable bonds is 11. The van der Waals surface area contributed by atoms with E-state index in [-0.39, 0.29) is 6.61 Å². The molecular formula is C31H35N3O4. The highest BCUT2D eigenvalue weighted by atomic mass is 16.7. The number of H-pyrrole nitrogens is 1. The Bertz CT molecular complexity index is 1200. The Morgan fingerprint density at radius 1 is 0.921 bits per heavy atom. The van der Waals surface area contributed by atoms with E-state index in [1.54, 1.807) is 0 Å². The molecule has 1 aromatic heterocycles. The molecule has 2 N–H and O–H groups in total. The van der Waals surface area contributed by atoms with Gasteiger partial charge in [-0.1, -0.05) is 91.0 Å². The molecule has 0 aliphatic carbocycles. The second-order valence-corrected chi connectivity index (χ2v) is 9.97. The maximum atomic E-state index is 10.2. The fourth-order valence-corrected chi connectivity index (χ4v) is 4.58. The summed E-state index contributed by atoms with van der Waals surface area (Å²) in [5.41, 5.74) is 4.48. The van der Waals surface area contributed by atoms with Gasteiger partial charge in [0.1, 0.15) is 0 Å². The Balaban J connectivity index is 1.19. The monoisotopic (exact) mass is 513 g/mol. The zero-order valence-corrected chi connectivity index (χ0v) is 21.8. The van der Waals surface area contributed by atoms with Crippen molar-refractivity contribution in [2.75, 3.05) is 46.6 Å². The lowest BCUT2D eigenvalue weighted by Crippen LogP contribution is -2.45. The third-order valence-electron chi connectivity index (χ3n) is 6.79. The molecule has 3 aromatic carbocycles. The highest BCUT2D eigenvalue weighted by Crippen LogP contribution is 2.35. The largest absolute Gasteiger partial charge is 0.396 e. The van der Waals surface area contributed by atoms with Crippen molar-refractivity contribution in [2.24, 2.45) is 5.41 Å². The first-order valence-electron chi connectivity index (χ1n) is 13.0. The number of benzene rings is 3. The summed E-state index contributed by atoms with van der Waals surface area (Å²) in [6, 6.07) is 30.6. The quantitative estimate of drug-likeness (QED) is 0.277. The Kier molecular flexibility index (Phi) is 8.63. The lowest BCUT2D eigenvalue weighted by molar-refractivity contribution is -0.253. The molecule has 7 heteroatoms. The minimum atomic E-state index is -0.647. The molecule has 0 spiro atoms. The van der Waals surface area contributed by atoms with Gasteiger partial charge in [0.05, 0.1) is 49.8 Å². The number of hydrogen-bond donors (Lipinski definition) is 2. The summed E-state index contributed by atoms with van der Waals surface area (Å²) >= 11 is 0. The minimum Gasteiger partial charge on any atom is -0.396 e. The molecule has 38 heavy (non-hydrogen) atoms. The molecule has 0 amide bonds. The Labute approximate surface area is 224 Å². The molecule has 0 bridgehead atoms. The number of nitrogens with one attached hydrogen (secondary N) is 1. The first-order valence-corrected chi connectivity index (χ1v) is 13.0. The molecule has 0 saturated carbocycles. The molecule has 4 aromatic rings. The van der Waals surface area contributed by atoms with Crippen LogP contribution in [0.2, 0.25) is 0 Å². The van der Waals surface area contributed by atoms with E-state index >= 15 is 0 Å². The molecule has 0 radical (unpaired) electrons. The van der Waals surface area contributed by atoms with Gasteiger partial charge in [-0.25, -0.2) is 4.98 Å². The summed E-state index contributed by atoms with van der Waals surface area (Å²) in [5, 5.41) is 10.2. The number of aromatic amines is 1. The maximum absolute atomic E-state index is 10.2. The standard InChI is InChI=1S/C31H35N3O4/c1-34(19-24-11-5-2-6-12-24)17-18-36-21-31(20-35)22-37-30(38-23-31)29-32-27(25-13-7-3-8-14-25)28(33-29)26-15-9-4-10-16-26/h2-16,30,35H,17-23H2,1H3,(H,32,33)/t30-,31-. The lowest BCUT2D eigenvalue weighted by atomic mass is 9.91. The van der Waals surface area contributed by atoms with Crippen LogP contribution in [-0.2, 0) is 20.8 Å². The molecule has 7 nitrogen and oxygen atoms in total.